The minimum absolute atomic E-state index is 0.740. The number of thiophene rings is 1. The van der Waals surface area contributed by atoms with Gasteiger partial charge in [0.2, 0.25) is 0 Å². The van der Waals surface area contributed by atoms with Gasteiger partial charge in [0.15, 0.2) is 5.82 Å². The van der Waals surface area contributed by atoms with Gasteiger partial charge in [-0.1, -0.05) is 0 Å². The number of hydrogen-bond acceptors (Lipinski definition) is 6. The van der Waals surface area contributed by atoms with Gasteiger partial charge in [0.05, 0.1) is 18.6 Å². The first kappa shape index (κ1) is 13.6. The van der Waals surface area contributed by atoms with Crippen LogP contribution in [0.2, 0.25) is 0 Å². The van der Waals surface area contributed by atoms with Crippen LogP contribution < -0.4 is 4.90 Å². The molecule has 112 valence electrons. The number of hydrogen-bond donors (Lipinski definition) is 0. The summed E-state index contributed by atoms with van der Waals surface area (Å²) < 4.78 is 5.46. The third-order valence-electron chi connectivity index (χ3n) is 3.73. The monoisotopic (exact) mass is 312 g/mol. The van der Waals surface area contributed by atoms with E-state index < -0.39 is 0 Å². The number of aromatic nitrogens is 3. The molecule has 0 saturated carbocycles. The first-order valence-electron chi connectivity index (χ1n) is 7.32. The highest BCUT2D eigenvalue weighted by atomic mass is 32.1. The van der Waals surface area contributed by atoms with E-state index >= 15 is 0 Å². The Morgan fingerprint density at radius 1 is 1.23 bits per heavy atom. The highest BCUT2D eigenvalue weighted by Gasteiger charge is 2.19. The van der Waals surface area contributed by atoms with Crippen LogP contribution >= 0.6 is 11.3 Å². The summed E-state index contributed by atoms with van der Waals surface area (Å²) in [4.78, 5) is 18.3. The molecule has 22 heavy (non-hydrogen) atoms. The van der Waals surface area contributed by atoms with Gasteiger partial charge in [0.1, 0.15) is 10.6 Å². The molecule has 5 nitrogen and oxygen atoms in total. The summed E-state index contributed by atoms with van der Waals surface area (Å²) in [6.07, 6.45) is 3.57. The Morgan fingerprint density at radius 2 is 2.09 bits per heavy atom. The lowest BCUT2D eigenvalue weighted by molar-refractivity contribution is 0.122. The lowest BCUT2D eigenvalue weighted by Crippen LogP contribution is -2.37. The van der Waals surface area contributed by atoms with Gasteiger partial charge in [-0.05, 0) is 25.1 Å². The predicted molar refractivity (Wildman–Crippen MR) is 88.4 cm³/mol. The van der Waals surface area contributed by atoms with Crippen molar-refractivity contribution in [1.82, 2.24) is 15.0 Å². The van der Waals surface area contributed by atoms with Crippen LogP contribution in [-0.2, 0) is 4.74 Å². The molecule has 1 aliphatic heterocycles. The van der Waals surface area contributed by atoms with E-state index in [9.17, 15) is 0 Å². The predicted octanol–water partition coefficient (Wildman–Crippen LogP) is 2.90. The fourth-order valence-electron chi connectivity index (χ4n) is 2.67. The maximum Gasteiger partial charge on any atom is 0.164 e. The maximum atomic E-state index is 5.46. The number of nitrogens with zero attached hydrogens (tertiary/aromatic N) is 4. The van der Waals surface area contributed by atoms with E-state index in [1.54, 1.807) is 17.5 Å². The van der Waals surface area contributed by atoms with Crippen molar-refractivity contribution >= 4 is 27.4 Å². The Kier molecular flexibility index (Phi) is 3.48. The molecule has 0 amide bonds. The molecule has 4 rings (SSSR count). The van der Waals surface area contributed by atoms with Crippen LogP contribution in [0.15, 0.2) is 30.6 Å². The van der Waals surface area contributed by atoms with Gasteiger partial charge in [-0.15, -0.1) is 11.3 Å². The zero-order valence-electron chi connectivity index (χ0n) is 12.3. The number of morpholine rings is 1. The minimum atomic E-state index is 0.740. The first-order chi connectivity index (χ1) is 10.8. The summed E-state index contributed by atoms with van der Waals surface area (Å²) in [5.74, 6) is 1.75. The van der Waals surface area contributed by atoms with Crippen molar-refractivity contribution in [3.63, 3.8) is 0 Å². The average Bonchev–Trinajstić information content (AvgIpc) is 2.95. The molecule has 4 heterocycles. The first-order valence-corrected chi connectivity index (χ1v) is 8.14. The fraction of sp³-hybridized carbons (Fsp3) is 0.312. The zero-order valence-corrected chi connectivity index (χ0v) is 13.1. The number of fused-ring (bicyclic) bond motifs is 1. The topological polar surface area (TPSA) is 51.1 Å². The largest absolute Gasteiger partial charge is 0.378 e. The van der Waals surface area contributed by atoms with Crippen molar-refractivity contribution < 1.29 is 4.74 Å². The van der Waals surface area contributed by atoms with Gasteiger partial charge in [0, 0.05) is 35.9 Å². The molecule has 0 radical (unpaired) electrons. The molecule has 0 aromatic carbocycles. The second-order valence-electron chi connectivity index (χ2n) is 5.29. The fourth-order valence-corrected chi connectivity index (χ4v) is 3.54. The van der Waals surface area contributed by atoms with Crippen molar-refractivity contribution in [2.24, 2.45) is 0 Å². The smallest absolute Gasteiger partial charge is 0.164 e. The summed E-state index contributed by atoms with van der Waals surface area (Å²) in [6, 6.07) is 6.09. The maximum absolute atomic E-state index is 5.46. The van der Waals surface area contributed by atoms with Gasteiger partial charge in [0.25, 0.3) is 0 Å². The van der Waals surface area contributed by atoms with Gasteiger partial charge >= 0.3 is 0 Å². The van der Waals surface area contributed by atoms with Crippen molar-refractivity contribution in [1.29, 1.82) is 0 Å². The van der Waals surface area contributed by atoms with Crippen LogP contribution in [0.3, 0.4) is 0 Å². The van der Waals surface area contributed by atoms with E-state index in [4.69, 9.17) is 14.7 Å². The molecule has 0 spiro atoms. The Labute approximate surface area is 132 Å². The Bertz CT molecular complexity index is 797. The summed E-state index contributed by atoms with van der Waals surface area (Å²) in [6.45, 7) is 5.34. The van der Waals surface area contributed by atoms with Crippen molar-refractivity contribution in [3.8, 4) is 11.4 Å². The molecule has 0 atom stereocenters. The summed E-state index contributed by atoms with van der Waals surface area (Å²) in [7, 11) is 0. The molecule has 3 aromatic heterocycles. The normalized spacial score (nSPS) is 15.4. The molecule has 6 heteroatoms. The van der Waals surface area contributed by atoms with E-state index in [2.05, 4.69) is 22.9 Å². The van der Waals surface area contributed by atoms with Crippen LogP contribution in [0, 0.1) is 6.92 Å². The second kappa shape index (κ2) is 5.62. The molecule has 1 saturated heterocycles. The quantitative estimate of drug-likeness (QED) is 0.728. The highest BCUT2D eigenvalue weighted by molar-refractivity contribution is 7.18. The molecular weight excluding hydrogens is 296 g/mol. The van der Waals surface area contributed by atoms with Gasteiger partial charge < -0.3 is 9.64 Å². The van der Waals surface area contributed by atoms with Crippen LogP contribution in [0.4, 0.5) is 5.82 Å². The van der Waals surface area contributed by atoms with E-state index in [1.807, 2.05) is 18.3 Å². The lowest BCUT2D eigenvalue weighted by atomic mass is 10.2. The van der Waals surface area contributed by atoms with Crippen LogP contribution in [0.1, 0.15) is 4.88 Å². The molecule has 3 aromatic rings. The van der Waals surface area contributed by atoms with Crippen molar-refractivity contribution in [3.05, 3.63) is 35.5 Å². The van der Waals surface area contributed by atoms with E-state index in [-0.39, 0.29) is 0 Å². The molecule has 0 unspecified atom stereocenters. The van der Waals surface area contributed by atoms with E-state index in [0.29, 0.717) is 0 Å². The molecule has 0 aliphatic carbocycles. The highest BCUT2D eigenvalue weighted by Crippen LogP contribution is 2.33. The van der Waals surface area contributed by atoms with Crippen LogP contribution in [-0.4, -0.2) is 41.3 Å². The number of ether oxygens (including phenoxy) is 1. The van der Waals surface area contributed by atoms with Crippen molar-refractivity contribution in [2.75, 3.05) is 31.2 Å². The Morgan fingerprint density at radius 3 is 2.86 bits per heavy atom. The van der Waals surface area contributed by atoms with Crippen molar-refractivity contribution in [2.45, 2.75) is 6.92 Å². The second-order valence-corrected chi connectivity index (χ2v) is 6.52. The standard InChI is InChI=1S/C16H16N4OS/c1-11-9-13-15(20-5-7-21-8-6-20)18-14(19-16(13)22-11)12-3-2-4-17-10-12/h2-4,9-10H,5-8H2,1H3. The summed E-state index contributed by atoms with van der Waals surface area (Å²) in [5, 5.41) is 1.14. The third-order valence-corrected chi connectivity index (χ3v) is 4.67. The SMILES string of the molecule is Cc1cc2c(N3CCOCC3)nc(-c3cccnc3)nc2s1. The number of anilines is 1. The Hall–Kier alpha value is -2.05. The molecule has 0 bridgehead atoms. The van der Waals surface area contributed by atoms with Gasteiger partial charge in [-0.25, -0.2) is 9.97 Å². The number of aryl methyl sites for hydroxylation is 1. The van der Waals surface area contributed by atoms with Crippen LogP contribution in [0.25, 0.3) is 21.6 Å². The lowest BCUT2D eigenvalue weighted by Gasteiger charge is -2.28. The number of rotatable bonds is 2. The summed E-state index contributed by atoms with van der Waals surface area (Å²) >= 11 is 1.71. The molecule has 1 fully saturated rings. The van der Waals surface area contributed by atoms with E-state index in [0.717, 1.165) is 53.7 Å². The molecular formula is C16H16N4OS. The molecule has 0 N–H and O–H groups in total. The van der Waals surface area contributed by atoms with Crippen LogP contribution in [0.5, 0.6) is 0 Å². The third kappa shape index (κ3) is 2.44. The van der Waals surface area contributed by atoms with E-state index in [1.165, 1.54) is 4.88 Å². The summed E-state index contributed by atoms with van der Waals surface area (Å²) in [5.41, 5.74) is 0.949. The zero-order chi connectivity index (χ0) is 14.9. The molecule has 1 aliphatic rings. The number of pyridine rings is 1. The minimum Gasteiger partial charge on any atom is -0.378 e. The Balaban J connectivity index is 1.89. The van der Waals surface area contributed by atoms with Gasteiger partial charge in [-0.2, -0.15) is 0 Å². The van der Waals surface area contributed by atoms with Gasteiger partial charge in [-0.3, -0.25) is 4.98 Å². The average molecular weight is 312 g/mol.